The van der Waals surface area contributed by atoms with Gasteiger partial charge in [0.1, 0.15) is 0 Å². The molecule has 1 saturated carbocycles. The highest BCUT2D eigenvalue weighted by molar-refractivity contribution is 5.70. The second-order valence-corrected chi connectivity index (χ2v) is 8.70. The van der Waals surface area contributed by atoms with Crippen LogP contribution < -0.4 is 5.69 Å². The maximum atomic E-state index is 12.4. The summed E-state index contributed by atoms with van der Waals surface area (Å²) in [6.07, 6.45) is 6.79. The van der Waals surface area contributed by atoms with Crippen LogP contribution in [0.2, 0.25) is 0 Å². The summed E-state index contributed by atoms with van der Waals surface area (Å²) in [5.41, 5.74) is 1.95. The molecular formula is C23H29N3O2. The molecule has 1 fully saturated rings. The second-order valence-electron chi connectivity index (χ2n) is 8.70. The molecule has 2 heterocycles. The molecule has 2 N–H and O–H groups in total. The molecule has 5 nitrogen and oxygen atoms in total. The van der Waals surface area contributed by atoms with Crippen molar-refractivity contribution in [2.24, 2.45) is 5.92 Å². The van der Waals surface area contributed by atoms with Crippen LogP contribution in [0, 0.1) is 5.92 Å². The summed E-state index contributed by atoms with van der Waals surface area (Å²) >= 11 is 0. The molecule has 1 aliphatic carbocycles. The van der Waals surface area contributed by atoms with E-state index in [4.69, 9.17) is 0 Å². The van der Waals surface area contributed by atoms with Gasteiger partial charge in [-0.05, 0) is 69.6 Å². The third kappa shape index (κ3) is 3.76. The van der Waals surface area contributed by atoms with E-state index < -0.39 is 5.60 Å². The molecule has 1 aromatic carbocycles. The topological polar surface area (TPSA) is 70.9 Å². The van der Waals surface area contributed by atoms with Gasteiger partial charge in [0.05, 0.1) is 11.1 Å². The Morgan fingerprint density at radius 2 is 1.86 bits per heavy atom. The van der Waals surface area contributed by atoms with Gasteiger partial charge in [-0.2, -0.15) is 0 Å². The van der Waals surface area contributed by atoms with Gasteiger partial charge in [-0.1, -0.05) is 30.3 Å². The number of fused-ring (bicyclic) bond motifs is 1. The number of imidazole rings is 1. The monoisotopic (exact) mass is 379 g/mol. The Hall–Kier alpha value is -2.40. The molecule has 1 atom stereocenters. The molecule has 4 rings (SSSR count). The fourth-order valence-electron chi connectivity index (χ4n) is 4.79. The van der Waals surface area contributed by atoms with Crippen LogP contribution in [0.5, 0.6) is 0 Å². The van der Waals surface area contributed by atoms with Crippen LogP contribution in [0.25, 0.3) is 11.2 Å². The first-order valence-electron chi connectivity index (χ1n) is 10.3. The fourth-order valence-corrected chi connectivity index (χ4v) is 4.79. The van der Waals surface area contributed by atoms with Gasteiger partial charge in [-0.25, -0.2) is 9.78 Å². The molecule has 0 radical (unpaired) electrons. The van der Waals surface area contributed by atoms with Crippen molar-refractivity contribution in [3.63, 3.8) is 0 Å². The highest BCUT2D eigenvalue weighted by atomic mass is 16.3. The number of hydrogen-bond acceptors (Lipinski definition) is 3. The smallest absolute Gasteiger partial charge is 0.327 e. The molecule has 0 bridgehead atoms. The molecule has 3 aromatic rings. The number of aromatic amines is 1. The van der Waals surface area contributed by atoms with E-state index in [1.807, 2.05) is 48.7 Å². The largest absolute Gasteiger partial charge is 0.390 e. The van der Waals surface area contributed by atoms with Crippen molar-refractivity contribution < 1.29 is 5.11 Å². The Labute approximate surface area is 165 Å². The number of hydrogen-bond donors (Lipinski definition) is 2. The lowest BCUT2D eigenvalue weighted by Gasteiger charge is -2.36. The second kappa shape index (κ2) is 7.55. The maximum absolute atomic E-state index is 12.4. The van der Waals surface area contributed by atoms with Crippen LogP contribution in [0.4, 0.5) is 0 Å². The van der Waals surface area contributed by atoms with Crippen LogP contribution in [-0.2, 0) is 0 Å². The minimum Gasteiger partial charge on any atom is -0.390 e. The van der Waals surface area contributed by atoms with Crippen molar-refractivity contribution in [1.82, 2.24) is 14.5 Å². The van der Waals surface area contributed by atoms with Crippen LogP contribution >= 0.6 is 0 Å². The molecule has 28 heavy (non-hydrogen) atoms. The van der Waals surface area contributed by atoms with Gasteiger partial charge in [0.25, 0.3) is 0 Å². The lowest BCUT2D eigenvalue weighted by molar-refractivity contribution is 0.0369. The highest BCUT2D eigenvalue weighted by Gasteiger charge is 2.33. The zero-order chi connectivity index (χ0) is 19.7. The van der Waals surface area contributed by atoms with Crippen LogP contribution in [0.1, 0.15) is 63.5 Å². The average molecular weight is 380 g/mol. The summed E-state index contributed by atoms with van der Waals surface area (Å²) in [5.74, 6) is 0.675. The number of H-pyrrole nitrogens is 1. The Bertz CT molecular complexity index is 976. The first-order chi connectivity index (χ1) is 13.4. The lowest BCUT2D eigenvalue weighted by Crippen LogP contribution is -2.32. The Morgan fingerprint density at radius 1 is 1.14 bits per heavy atom. The number of benzene rings is 1. The van der Waals surface area contributed by atoms with E-state index in [1.165, 1.54) is 5.56 Å². The number of aromatic nitrogens is 3. The molecule has 0 spiro atoms. The summed E-state index contributed by atoms with van der Waals surface area (Å²) in [7, 11) is 0. The standard InChI is InChI=1S/C23H29N3O2/c1-23(2,28)19(17-7-4-3-5-8-17)15-16-10-12-18(13-11-16)26-21-20(25-22(26)27)9-6-14-24-21/h3-9,14,16,18-19,28H,10-13,15H2,1-2H3,(H,25,27). The van der Waals surface area contributed by atoms with Crippen molar-refractivity contribution in [2.75, 3.05) is 0 Å². The average Bonchev–Trinajstić information content (AvgIpc) is 3.02. The molecular weight excluding hydrogens is 350 g/mol. The van der Waals surface area contributed by atoms with Crippen molar-refractivity contribution in [2.45, 2.75) is 63.5 Å². The summed E-state index contributed by atoms with van der Waals surface area (Å²) in [5, 5.41) is 10.8. The molecule has 0 aliphatic heterocycles. The van der Waals surface area contributed by atoms with Crippen LogP contribution in [0.15, 0.2) is 53.5 Å². The summed E-state index contributed by atoms with van der Waals surface area (Å²) in [4.78, 5) is 19.8. The lowest BCUT2D eigenvalue weighted by atomic mass is 9.74. The van der Waals surface area contributed by atoms with E-state index >= 15 is 0 Å². The first kappa shape index (κ1) is 18.9. The summed E-state index contributed by atoms with van der Waals surface area (Å²) in [6.45, 7) is 3.82. The zero-order valence-electron chi connectivity index (χ0n) is 16.6. The SMILES string of the molecule is CC(C)(O)C(CC1CCC(n2c(=O)[nH]c3cccnc32)CC1)c1ccccc1. The quantitative estimate of drug-likeness (QED) is 0.690. The Kier molecular flexibility index (Phi) is 5.11. The minimum atomic E-state index is -0.754. The fraction of sp³-hybridized carbons (Fsp3) is 0.478. The molecule has 1 aliphatic rings. The highest BCUT2D eigenvalue weighted by Crippen LogP contribution is 2.41. The van der Waals surface area contributed by atoms with Crippen molar-refractivity contribution in [3.8, 4) is 0 Å². The van der Waals surface area contributed by atoms with Gasteiger partial charge in [-0.3, -0.25) is 4.57 Å². The first-order valence-corrected chi connectivity index (χ1v) is 10.3. The van der Waals surface area contributed by atoms with E-state index in [9.17, 15) is 9.90 Å². The number of rotatable bonds is 5. The van der Waals surface area contributed by atoms with Crippen LogP contribution in [0.3, 0.4) is 0 Å². The molecule has 0 saturated heterocycles. The number of nitrogens with zero attached hydrogens (tertiary/aromatic N) is 2. The number of pyridine rings is 1. The predicted octanol–water partition coefficient (Wildman–Crippen LogP) is 4.40. The van der Waals surface area contributed by atoms with E-state index in [0.29, 0.717) is 5.92 Å². The number of aliphatic hydroxyl groups is 1. The minimum absolute atomic E-state index is 0.0594. The van der Waals surface area contributed by atoms with E-state index in [1.54, 1.807) is 6.20 Å². The molecule has 5 heteroatoms. The molecule has 148 valence electrons. The molecule has 1 unspecified atom stereocenters. The van der Waals surface area contributed by atoms with Gasteiger partial charge in [0, 0.05) is 18.2 Å². The third-order valence-corrected chi connectivity index (χ3v) is 6.28. The van der Waals surface area contributed by atoms with Crippen molar-refractivity contribution in [1.29, 1.82) is 0 Å². The Morgan fingerprint density at radius 3 is 2.54 bits per heavy atom. The normalized spacial score (nSPS) is 21.7. The van der Waals surface area contributed by atoms with Gasteiger partial charge in [-0.15, -0.1) is 0 Å². The van der Waals surface area contributed by atoms with Gasteiger partial charge < -0.3 is 10.1 Å². The number of nitrogens with one attached hydrogen (secondary N) is 1. The summed E-state index contributed by atoms with van der Waals surface area (Å²) in [6, 6.07) is 14.3. The van der Waals surface area contributed by atoms with Gasteiger partial charge in [0.15, 0.2) is 5.65 Å². The Balaban J connectivity index is 1.48. The molecule has 0 amide bonds. The van der Waals surface area contributed by atoms with E-state index in [-0.39, 0.29) is 17.6 Å². The van der Waals surface area contributed by atoms with Crippen molar-refractivity contribution >= 4 is 11.2 Å². The zero-order valence-corrected chi connectivity index (χ0v) is 16.6. The van der Waals surface area contributed by atoms with Crippen molar-refractivity contribution in [3.05, 3.63) is 64.7 Å². The maximum Gasteiger partial charge on any atom is 0.327 e. The predicted molar refractivity (Wildman–Crippen MR) is 111 cm³/mol. The summed E-state index contributed by atoms with van der Waals surface area (Å²) < 4.78 is 1.84. The molecule has 2 aromatic heterocycles. The van der Waals surface area contributed by atoms with E-state index in [0.717, 1.165) is 43.3 Å². The third-order valence-electron chi connectivity index (χ3n) is 6.28. The van der Waals surface area contributed by atoms with E-state index in [2.05, 4.69) is 22.1 Å². The van der Waals surface area contributed by atoms with Gasteiger partial charge >= 0.3 is 5.69 Å². The van der Waals surface area contributed by atoms with Gasteiger partial charge in [0.2, 0.25) is 0 Å². The van der Waals surface area contributed by atoms with Crippen LogP contribution in [-0.4, -0.2) is 25.2 Å².